The summed E-state index contributed by atoms with van der Waals surface area (Å²) in [6, 6.07) is 9.34. The molecular formula is C21H20Cl2N4O5. The van der Waals surface area contributed by atoms with Gasteiger partial charge in [-0.05, 0) is 30.3 Å². The third kappa shape index (κ3) is 5.49. The number of benzene rings is 2. The van der Waals surface area contributed by atoms with E-state index in [9.17, 15) is 19.2 Å². The van der Waals surface area contributed by atoms with Crippen LogP contribution >= 0.6 is 23.2 Å². The lowest BCUT2D eigenvalue weighted by Crippen LogP contribution is -2.59. The summed E-state index contributed by atoms with van der Waals surface area (Å²) in [6.45, 7) is 0.445. The molecule has 1 heterocycles. The number of urea groups is 1. The standard InChI is InChI=1S/C21H20Cl2N4O5/c1-32-20(30)12-4-2-5-13(10-12)25-17(28)11-16-19(29)24-8-9-27(16)21(31)26-15-7-3-6-14(22)18(15)23/h2-7,10,16H,8-9,11H2,1H3,(H,24,29)(H,25,28)(H,26,31)/t16-/m0/s1. The summed E-state index contributed by atoms with van der Waals surface area (Å²) >= 11 is 12.1. The molecule has 3 N–H and O–H groups in total. The van der Waals surface area contributed by atoms with Crippen LogP contribution in [0.15, 0.2) is 42.5 Å². The minimum absolute atomic E-state index is 0.170. The van der Waals surface area contributed by atoms with Gasteiger partial charge >= 0.3 is 12.0 Å². The number of carbonyl (C=O) groups excluding carboxylic acids is 4. The summed E-state index contributed by atoms with van der Waals surface area (Å²) in [5, 5.41) is 8.35. The van der Waals surface area contributed by atoms with E-state index in [0.29, 0.717) is 5.69 Å². The minimum Gasteiger partial charge on any atom is -0.465 e. The number of rotatable bonds is 5. The summed E-state index contributed by atoms with van der Waals surface area (Å²) in [6.07, 6.45) is -0.287. The zero-order chi connectivity index (χ0) is 23.3. The normalized spacial score (nSPS) is 15.5. The number of hydrogen-bond donors (Lipinski definition) is 3. The summed E-state index contributed by atoms with van der Waals surface area (Å²) in [5.74, 6) is -1.51. The molecule has 1 saturated heterocycles. The van der Waals surface area contributed by atoms with Gasteiger partial charge in [-0.2, -0.15) is 0 Å². The Morgan fingerprint density at radius 2 is 1.91 bits per heavy atom. The van der Waals surface area contributed by atoms with E-state index in [4.69, 9.17) is 23.2 Å². The van der Waals surface area contributed by atoms with Crippen molar-refractivity contribution in [2.24, 2.45) is 0 Å². The minimum atomic E-state index is -1.04. The second-order valence-corrected chi connectivity index (χ2v) is 7.64. The fraction of sp³-hybridized carbons (Fsp3) is 0.238. The number of hydrogen-bond acceptors (Lipinski definition) is 5. The quantitative estimate of drug-likeness (QED) is 0.570. The first-order chi connectivity index (χ1) is 15.3. The van der Waals surface area contributed by atoms with Crippen LogP contribution in [0.25, 0.3) is 0 Å². The first-order valence-electron chi connectivity index (χ1n) is 9.57. The van der Waals surface area contributed by atoms with Crippen LogP contribution in [0, 0.1) is 0 Å². The zero-order valence-electron chi connectivity index (χ0n) is 17.0. The van der Waals surface area contributed by atoms with Crippen molar-refractivity contribution < 1.29 is 23.9 Å². The van der Waals surface area contributed by atoms with Crippen molar-refractivity contribution in [1.82, 2.24) is 10.2 Å². The second-order valence-electron chi connectivity index (χ2n) is 6.86. The highest BCUT2D eigenvalue weighted by atomic mass is 35.5. The SMILES string of the molecule is COC(=O)c1cccc(NC(=O)C[C@H]2C(=O)NCCN2C(=O)Nc2cccc(Cl)c2Cl)c1. The van der Waals surface area contributed by atoms with Gasteiger partial charge in [-0.15, -0.1) is 0 Å². The van der Waals surface area contributed by atoms with Crippen LogP contribution in [-0.4, -0.2) is 55.0 Å². The number of piperazine rings is 1. The second kappa shape index (κ2) is 10.3. The highest BCUT2D eigenvalue weighted by Crippen LogP contribution is 2.30. The molecular weight excluding hydrogens is 459 g/mol. The predicted molar refractivity (Wildman–Crippen MR) is 120 cm³/mol. The van der Waals surface area contributed by atoms with Crippen molar-refractivity contribution in [2.45, 2.75) is 12.5 Å². The molecule has 1 aliphatic rings. The molecule has 0 unspecified atom stereocenters. The topological polar surface area (TPSA) is 117 Å². The summed E-state index contributed by atoms with van der Waals surface area (Å²) in [7, 11) is 1.26. The van der Waals surface area contributed by atoms with Crippen molar-refractivity contribution in [1.29, 1.82) is 0 Å². The number of nitrogens with zero attached hydrogens (tertiary/aromatic N) is 1. The highest BCUT2D eigenvalue weighted by molar-refractivity contribution is 6.44. The average Bonchev–Trinajstić information content (AvgIpc) is 2.77. The van der Waals surface area contributed by atoms with Crippen LogP contribution in [0.1, 0.15) is 16.8 Å². The maximum atomic E-state index is 12.8. The number of methoxy groups -OCH3 is 1. The number of carbonyl (C=O) groups is 4. The molecule has 11 heteroatoms. The Balaban J connectivity index is 1.71. The van der Waals surface area contributed by atoms with E-state index in [1.54, 1.807) is 36.4 Å². The van der Waals surface area contributed by atoms with Gasteiger partial charge in [-0.25, -0.2) is 9.59 Å². The fourth-order valence-corrected chi connectivity index (χ4v) is 3.53. The molecule has 168 valence electrons. The van der Waals surface area contributed by atoms with Gasteiger partial charge in [0.1, 0.15) is 6.04 Å². The number of esters is 1. The smallest absolute Gasteiger partial charge is 0.337 e. The third-order valence-electron chi connectivity index (χ3n) is 4.73. The molecule has 9 nitrogen and oxygen atoms in total. The molecule has 0 saturated carbocycles. The van der Waals surface area contributed by atoms with Crippen LogP contribution in [0.4, 0.5) is 16.2 Å². The maximum absolute atomic E-state index is 12.8. The highest BCUT2D eigenvalue weighted by Gasteiger charge is 2.35. The van der Waals surface area contributed by atoms with Crippen LogP contribution in [0.2, 0.25) is 10.0 Å². The van der Waals surface area contributed by atoms with Gasteiger partial charge in [-0.1, -0.05) is 35.3 Å². The van der Waals surface area contributed by atoms with Gasteiger partial charge in [-0.3, -0.25) is 9.59 Å². The lowest BCUT2D eigenvalue weighted by Gasteiger charge is -2.34. The number of nitrogens with one attached hydrogen (secondary N) is 3. The molecule has 2 aromatic rings. The average molecular weight is 479 g/mol. The van der Waals surface area contributed by atoms with E-state index < -0.39 is 29.9 Å². The van der Waals surface area contributed by atoms with Crippen LogP contribution in [0.3, 0.4) is 0 Å². The van der Waals surface area contributed by atoms with E-state index >= 15 is 0 Å². The monoisotopic (exact) mass is 478 g/mol. The van der Waals surface area contributed by atoms with E-state index in [-0.39, 0.29) is 40.8 Å². The van der Waals surface area contributed by atoms with E-state index in [2.05, 4.69) is 20.7 Å². The molecule has 32 heavy (non-hydrogen) atoms. The molecule has 2 aromatic carbocycles. The Kier molecular flexibility index (Phi) is 7.55. The van der Waals surface area contributed by atoms with Crippen molar-refractivity contribution in [2.75, 3.05) is 30.8 Å². The summed E-state index contributed by atoms with van der Waals surface area (Å²) in [4.78, 5) is 50.8. The Morgan fingerprint density at radius 3 is 2.66 bits per heavy atom. The number of anilines is 2. The lowest BCUT2D eigenvalue weighted by atomic mass is 10.1. The van der Waals surface area contributed by atoms with Crippen molar-refractivity contribution >= 4 is 58.4 Å². The largest absolute Gasteiger partial charge is 0.465 e. The third-order valence-corrected chi connectivity index (χ3v) is 5.55. The van der Waals surface area contributed by atoms with Crippen molar-refractivity contribution in [3.63, 3.8) is 0 Å². The maximum Gasteiger partial charge on any atom is 0.337 e. The van der Waals surface area contributed by atoms with E-state index in [1.807, 2.05) is 0 Å². The van der Waals surface area contributed by atoms with E-state index in [0.717, 1.165) is 0 Å². The van der Waals surface area contributed by atoms with Gasteiger partial charge in [0, 0.05) is 18.8 Å². The Bertz CT molecular complexity index is 1060. The molecule has 1 atom stereocenters. The first kappa shape index (κ1) is 23.4. The molecule has 0 bridgehead atoms. The first-order valence-corrected chi connectivity index (χ1v) is 10.3. The molecule has 4 amide bonds. The number of halogens is 2. The molecule has 1 aliphatic heterocycles. The lowest BCUT2D eigenvalue weighted by molar-refractivity contribution is -0.130. The predicted octanol–water partition coefficient (Wildman–Crippen LogP) is 3.14. The van der Waals surface area contributed by atoms with Gasteiger partial charge < -0.3 is 25.6 Å². The van der Waals surface area contributed by atoms with Gasteiger partial charge in [0.2, 0.25) is 11.8 Å². The van der Waals surface area contributed by atoms with Gasteiger partial charge in [0.05, 0.1) is 34.8 Å². The van der Waals surface area contributed by atoms with Crippen LogP contribution < -0.4 is 16.0 Å². The Hall–Kier alpha value is -3.30. The van der Waals surface area contributed by atoms with E-state index in [1.165, 1.54) is 18.1 Å². The Labute approximate surface area is 194 Å². The summed E-state index contributed by atoms with van der Waals surface area (Å²) < 4.78 is 4.66. The van der Waals surface area contributed by atoms with Crippen LogP contribution in [0.5, 0.6) is 0 Å². The molecule has 0 aromatic heterocycles. The molecule has 0 aliphatic carbocycles. The molecule has 0 spiro atoms. The Morgan fingerprint density at radius 1 is 1.16 bits per heavy atom. The number of amides is 4. The number of ether oxygens (including phenoxy) is 1. The van der Waals surface area contributed by atoms with Crippen molar-refractivity contribution in [3.05, 3.63) is 58.1 Å². The van der Waals surface area contributed by atoms with Gasteiger partial charge in [0.15, 0.2) is 0 Å². The molecule has 0 radical (unpaired) electrons. The van der Waals surface area contributed by atoms with Gasteiger partial charge in [0.25, 0.3) is 0 Å². The van der Waals surface area contributed by atoms with Crippen molar-refractivity contribution in [3.8, 4) is 0 Å². The van der Waals surface area contributed by atoms with Crippen LogP contribution in [-0.2, 0) is 14.3 Å². The zero-order valence-corrected chi connectivity index (χ0v) is 18.5. The fourth-order valence-electron chi connectivity index (χ4n) is 3.18. The molecule has 1 fully saturated rings. The summed E-state index contributed by atoms with van der Waals surface area (Å²) in [5.41, 5.74) is 0.911. The molecule has 3 rings (SSSR count).